The number of aromatic hydroxyl groups is 3. The van der Waals surface area contributed by atoms with Crippen LogP contribution in [0, 0.1) is 0 Å². The van der Waals surface area contributed by atoms with E-state index in [9.17, 15) is 29.7 Å². The lowest BCUT2D eigenvalue weighted by Crippen LogP contribution is -2.33. The van der Waals surface area contributed by atoms with Crippen LogP contribution in [0.25, 0.3) is 16.6 Å². The third-order valence-corrected chi connectivity index (χ3v) is 7.10. The van der Waals surface area contributed by atoms with E-state index in [-0.39, 0.29) is 41.2 Å². The van der Waals surface area contributed by atoms with Crippen LogP contribution in [-0.2, 0) is 18.3 Å². The summed E-state index contributed by atoms with van der Waals surface area (Å²) in [6.45, 7) is 0.187. The Bertz CT molecular complexity index is 1910. The smallest absolute Gasteiger partial charge is 0.265 e. The number of phenols is 2. The number of benzene rings is 2. The Labute approximate surface area is 233 Å². The van der Waals surface area contributed by atoms with E-state index in [2.05, 4.69) is 10.3 Å². The zero-order valence-electron chi connectivity index (χ0n) is 22.4. The van der Waals surface area contributed by atoms with Crippen molar-refractivity contribution in [2.24, 2.45) is 7.05 Å². The topological polar surface area (TPSA) is 155 Å². The number of amides is 1. The Morgan fingerprint density at radius 3 is 2.56 bits per heavy atom. The average Bonchev–Trinajstić information content (AvgIpc) is 2.96. The van der Waals surface area contributed by atoms with Gasteiger partial charge in [-0.1, -0.05) is 12.1 Å². The molecule has 11 nitrogen and oxygen atoms in total. The number of phenolic OH excluding ortho intramolecular Hbond substituents is 2. The maximum Gasteiger partial charge on any atom is 0.265 e. The molecule has 0 saturated heterocycles. The fraction of sp³-hybridized carbons (Fsp3) is 0.200. The van der Waals surface area contributed by atoms with Gasteiger partial charge in [0.15, 0.2) is 11.5 Å². The van der Waals surface area contributed by atoms with Crippen LogP contribution >= 0.6 is 0 Å². The predicted molar refractivity (Wildman–Crippen MR) is 152 cm³/mol. The number of nitrogens with zero attached hydrogens (tertiary/aromatic N) is 3. The lowest BCUT2D eigenvalue weighted by molar-refractivity contribution is -0.121. The molecule has 5 rings (SSSR count). The van der Waals surface area contributed by atoms with Crippen LogP contribution < -0.4 is 21.2 Å². The molecular weight excluding hydrogens is 528 g/mol. The Balaban J connectivity index is 1.55. The van der Waals surface area contributed by atoms with E-state index in [0.717, 1.165) is 0 Å². The minimum Gasteiger partial charge on any atom is -0.504 e. The number of nitrogens with one attached hydrogen (secondary N) is 1. The van der Waals surface area contributed by atoms with Gasteiger partial charge in [0.2, 0.25) is 11.8 Å². The van der Waals surface area contributed by atoms with Gasteiger partial charge in [-0.3, -0.25) is 18.8 Å². The molecule has 11 heteroatoms. The van der Waals surface area contributed by atoms with Gasteiger partial charge in [-0.25, -0.2) is 0 Å². The second kappa shape index (κ2) is 11.0. The number of aryl methyl sites for hydroxylation is 1. The Hall–Kier alpha value is -5.32. The minimum absolute atomic E-state index is 0.147. The van der Waals surface area contributed by atoms with Gasteiger partial charge in [0.1, 0.15) is 11.4 Å². The highest BCUT2D eigenvalue weighted by atomic mass is 16.5. The molecule has 210 valence electrons. The molecule has 0 spiro atoms. The molecule has 0 aliphatic carbocycles. The van der Waals surface area contributed by atoms with Crippen molar-refractivity contribution in [1.82, 2.24) is 19.3 Å². The molecule has 5 aromatic rings. The number of hydrogen-bond acceptors (Lipinski definition) is 8. The third-order valence-electron chi connectivity index (χ3n) is 7.10. The summed E-state index contributed by atoms with van der Waals surface area (Å²) in [5, 5.41) is 33.6. The van der Waals surface area contributed by atoms with Crippen molar-refractivity contribution in [1.29, 1.82) is 0 Å². The summed E-state index contributed by atoms with van der Waals surface area (Å²) < 4.78 is 7.96. The molecule has 1 atom stereocenters. The Morgan fingerprint density at radius 2 is 1.80 bits per heavy atom. The van der Waals surface area contributed by atoms with Crippen molar-refractivity contribution >= 4 is 22.5 Å². The molecule has 0 unspecified atom stereocenters. The van der Waals surface area contributed by atoms with Gasteiger partial charge in [0, 0.05) is 43.8 Å². The second-order valence-electron chi connectivity index (χ2n) is 9.65. The van der Waals surface area contributed by atoms with Crippen LogP contribution in [0.15, 0.2) is 76.4 Å². The van der Waals surface area contributed by atoms with Crippen molar-refractivity contribution in [3.63, 3.8) is 0 Å². The molecule has 0 radical (unpaired) electrons. The van der Waals surface area contributed by atoms with Gasteiger partial charge in [0.05, 0.1) is 18.2 Å². The summed E-state index contributed by atoms with van der Waals surface area (Å²) in [6.07, 6.45) is 1.54. The first kappa shape index (κ1) is 27.3. The summed E-state index contributed by atoms with van der Waals surface area (Å²) in [4.78, 5) is 44.6. The van der Waals surface area contributed by atoms with E-state index in [1.54, 1.807) is 55.6 Å². The van der Waals surface area contributed by atoms with E-state index < -0.39 is 28.8 Å². The average molecular weight is 557 g/mol. The number of fused-ring (bicyclic) bond motifs is 2. The largest absolute Gasteiger partial charge is 0.504 e. The second-order valence-corrected chi connectivity index (χ2v) is 9.65. The molecule has 0 aliphatic rings. The standard InChI is InChI=1S/C30H28N4O7/c1-33-22-15-19(41-2)8-7-18(22)14-21(29(33)39)20(27-28(38)32-25-5-3-4-12-34(25)30(27)40)16-26(37)31-11-10-17-6-9-23(35)24(36)13-17/h3-9,12-15,20,35-36,38H,10-11,16H2,1-2H3,(H,31,37)/t20-/m0/s1. The van der Waals surface area contributed by atoms with Crippen LogP contribution in [0.1, 0.15) is 29.0 Å². The molecule has 0 saturated carbocycles. The van der Waals surface area contributed by atoms with Gasteiger partial charge >= 0.3 is 0 Å². The number of hydrogen-bond donors (Lipinski definition) is 4. The molecule has 2 aromatic carbocycles. The molecule has 3 heterocycles. The molecule has 41 heavy (non-hydrogen) atoms. The highest BCUT2D eigenvalue weighted by molar-refractivity contribution is 5.82. The van der Waals surface area contributed by atoms with Crippen LogP contribution in [0.2, 0.25) is 0 Å². The molecule has 3 aromatic heterocycles. The van der Waals surface area contributed by atoms with E-state index in [0.29, 0.717) is 28.6 Å². The number of rotatable bonds is 8. The van der Waals surface area contributed by atoms with Crippen LogP contribution in [-0.4, -0.2) is 48.8 Å². The van der Waals surface area contributed by atoms with Crippen molar-refractivity contribution in [2.45, 2.75) is 18.8 Å². The van der Waals surface area contributed by atoms with Crippen LogP contribution in [0.5, 0.6) is 23.1 Å². The first-order valence-corrected chi connectivity index (χ1v) is 12.8. The maximum absolute atomic E-state index is 13.7. The Morgan fingerprint density at radius 1 is 1.00 bits per heavy atom. The first-order chi connectivity index (χ1) is 19.7. The molecule has 0 bridgehead atoms. The highest BCUT2D eigenvalue weighted by Crippen LogP contribution is 2.31. The van der Waals surface area contributed by atoms with Gasteiger partial charge in [-0.05, 0) is 59.8 Å². The van der Waals surface area contributed by atoms with Gasteiger partial charge < -0.3 is 29.9 Å². The lowest BCUT2D eigenvalue weighted by atomic mass is 9.89. The van der Waals surface area contributed by atoms with Crippen molar-refractivity contribution in [3.05, 3.63) is 104 Å². The zero-order valence-corrected chi connectivity index (χ0v) is 22.4. The van der Waals surface area contributed by atoms with Crippen molar-refractivity contribution in [3.8, 4) is 23.1 Å². The SMILES string of the molecule is COc1ccc2cc([C@H](CC(=O)NCCc3ccc(O)c(O)c3)c3c(O)nc4ccccn4c3=O)c(=O)n(C)c2c1. The number of carbonyl (C=O) groups is 1. The summed E-state index contributed by atoms with van der Waals surface area (Å²) >= 11 is 0. The molecular formula is C30H28N4O7. The quantitative estimate of drug-likeness (QED) is 0.213. The minimum atomic E-state index is -1.12. The molecule has 0 aliphatic heterocycles. The molecule has 1 amide bonds. The first-order valence-electron chi connectivity index (χ1n) is 12.8. The maximum atomic E-state index is 13.7. The van der Waals surface area contributed by atoms with E-state index in [1.165, 1.54) is 34.4 Å². The fourth-order valence-corrected chi connectivity index (χ4v) is 4.94. The van der Waals surface area contributed by atoms with Gasteiger partial charge in [-0.15, -0.1) is 0 Å². The molecule has 4 N–H and O–H groups in total. The van der Waals surface area contributed by atoms with Crippen molar-refractivity contribution < 1.29 is 24.9 Å². The van der Waals surface area contributed by atoms with Gasteiger partial charge in [0.25, 0.3) is 11.1 Å². The van der Waals surface area contributed by atoms with Crippen LogP contribution in [0.4, 0.5) is 0 Å². The number of carbonyl (C=O) groups excluding carboxylic acids is 1. The molecule has 0 fully saturated rings. The van der Waals surface area contributed by atoms with E-state index in [1.807, 2.05) is 0 Å². The lowest BCUT2D eigenvalue weighted by Gasteiger charge is -2.20. The number of pyridine rings is 2. The monoisotopic (exact) mass is 556 g/mol. The predicted octanol–water partition coefficient (Wildman–Crippen LogP) is 2.55. The summed E-state index contributed by atoms with van der Waals surface area (Å²) in [6, 6.07) is 16.1. The van der Waals surface area contributed by atoms with E-state index >= 15 is 0 Å². The fourth-order valence-electron chi connectivity index (χ4n) is 4.94. The van der Waals surface area contributed by atoms with Crippen LogP contribution in [0.3, 0.4) is 0 Å². The number of ether oxygens (including phenoxy) is 1. The summed E-state index contributed by atoms with van der Waals surface area (Å²) in [5.41, 5.74) is 0.438. The van der Waals surface area contributed by atoms with Crippen molar-refractivity contribution in [2.75, 3.05) is 13.7 Å². The number of aromatic nitrogens is 3. The Kier molecular flexibility index (Phi) is 7.34. The van der Waals surface area contributed by atoms with E-state index in [4.69, 9.17) is 4.74 Å². The third kappa shape index (κ3) is 5.29. The number of methoxy groups -OCH3 is 1. The summed E-state index contributed by atoms with van der Waals surface area (Å²) in [5.74, 6) is -2.09. The van der Waals surface area contributed by atoms with Gasteiger partial charge in [-0.2, -0.15) is 4.98 Å². The normalized spacial score (nSPS) is 12.0. The zero-order chi connectivity index (χ0) is 29.3. The highest BCUT2D eigenvalue weighted by Gasteiger charge is 2.29. The summed E-state index contributed by atoms with van der Waals surface area (Å²) in [7, 11) is 3.11.